The first kappa shape index (κ1) is 22.2. The van der Waals surface area contributed by atoms with E-state index in [-0.39, 0.29) is 9.92 Å². The molecule has 0 aliphatic heterocycles. The standard InChI is InChI=1S/C30H23N3O2S/c1-20-13-16-29(32-21(20)2)33-27-11-4-3-10-25(27)26-15-14-23(19-28(26)33)22-8-7-9-24(18-22)36(34,35)30-12-5-6-17-31-30/h3-19H,1-2H3. The second-order valence-electron chi connectivity index (χ2n) is 8.86. The van der Waals surface area contributed by atoms with Crippen LogP contribution in [0.25, 0.3) is 38.8 Å². The molecule has 6 aromatic rings. The van der Waals surface area contributed by atoms with Gasteiger partial charge in [0, 0.05) is 22.7 Å². The monoisotopic (exact) mass is 489 g/mol. The number of nitrogens with zero attached hydrogens (tertiary/aromatic N) is 3. The lowest BCUT2D eigenvalue weighted by Crippen LogP contribution is -2.04. The first-order chi connectivity index (χ1) is 17.4. The van der Waals surface area contributed by atoms with Crippen LogP contribution in [0.15, 0.2) is 113 Å². The maximum Gasteiger partial charge on any atom is 0.223 e. The summed E-state index contributed by atoms with van der Waals surface area (Å²) in [6, 6.07) is 30.6. The number of rotatable bonds is 4. The van der Waals surface area contributed by atoms with Gasteiger partial charge in [-0.1, -0.05) is 54.6 Å². The smallest absolute Gasteiger partial charge is 0.223 e. The van der Waals surface area contributed by atoms with Crippen LogP contribution in [0.1, 0.15) is 11.3 Å². The van der Waals surface area contributed by atoms with Gasteiger partial charge in [0.25, 0.3) is 0 Å². The van der Waals surface area contributed by atoms with Crippen LogP contribution in [0.4, 0.5) is 0 Å². The summed E-state index contributed by atoms with van der Waals surface area (Å²) in [6.45, 7) is 4.08. The molecule has 0 bridgehead atoms. The number of fused-ring (bicyclic) bond motifs is 3. The van der Waals surface area contributed by atoms with Gasteiger partial charge in [0.05, 0.1) is 15.9 Å². The molecule has 3 aromatic heterocycles. The van der Waals surface area contributed by atoms with Gasteiger partial charge < -0.3 is 0 Å². The summed E-state index contributed by atoms with van der Waals surface area (Å²) in [5, 5.41) is 2.30. The summed E-state index contributed by atoms with van der Waals surface area (Å²) in [5.74, 6) is 0.855. The van der Waals surface area contributed by atoms with E-state index >= 15 is 0 Å². The van der Waals surface area contributed by atoms with Crippen LogP contribution in [0.2, 0.25) is 0 Å². The maximum absolute atomic E-state index is 13.2. The van der Waals surface area contributed by atoms with Gasteiger partial charge in [-0.05, 0) is 73.0 Å². The molecule has 3 aromatic carbocycles. The lowest BCUT2D eigenvalue weighted by atomic mass is 10.0. The van der Waals surface area contributed by atoms with Gasteiger partial charge in [-0.15, -0.1) is 0 Å². The van der Waals surface area contributed by atoms with Gasteiger partial charge >= 0.3 is 0 Å². The molecule has 0 fully saturated rings. The number of para-hydroxylation sites is 1. The molecule has 176 valence electrons. The van der Waals surface area contributed by atoms with E-state index in [4.69, 9.17) is 4.98 Å². The minimum atomic E-state index is -3.72. The van der Waals surface area contributed by atoms with Gasteiger partial charge in [-0.3, -0.25) is 4.57 Å². The topological polar surface area (TPSA) is 64.8 Å². The molecule has 0 aliphatic rings. The average molecular weight is 490 g/mol. The Bertz CT molecular complexity index is 1870. The van der Waals surface area contributed by atoms with Crippen LogP contribution in [-0.2, 0) is 9.84 Å². The SMILES string of the molecule is Cc1ccc(-n2c3ccccc3c3ccc(-c4cccc(S(=O)(=O)c5ccccn5)c4)cc32)nc1C. The number of aryl methyl sites for hydroxylation is 2. The van der Waals surface area contributed by atoms with E-state index < -0.39 is 9.84 Å². The van der Waals surface area contributed by atoms with Crippen LogP contribution in [-0.4, -0.2) is 23.0 Å². The molecule has 36 heavy (non-hydrogen) atoms. The zero-order chi connectivity index (χ0) is 24.9. The Hall–Kier alpha value is -4.29. The summed E-state index contributed by atoms with van der Waals surface area (Å²) in [5.41, 5.74) is 5.97. The Morgan fingerprint density at radius 1 is 0.694 bits per heavy atom. The minimum absolute atomic E-state index is 0.0403. The number of pyridine rings is 2. The van der Waals surface area contributed by atoms with Crippen molar-refractivity contribution < 1.29 is 8.42 Å². The molecular weight excluding hydrogens is 466 g/mol. The van der Waals surface area contributed by atoms with Crippen molar-refractivity contribution in [1.29, 1.82) is 0 Å². The highest BCUT2D eigenvalue weighted by molar-refractivity contribution is 7.91. The van der Waals surface area contributed by atoms with Crippen LogP contribution in [0, 0.1) is 13.8 Å². The molecule has 0 unspecified atom stereocenters. The molecule has 0 N–H and O–H groups in total. The number of benzene rings is 3. The summed E-state index contributed by atoms with van der Waals surface area (Å²) >= 11 is 0. The fourth-order valence-corrected chi connectivity index (χ4v) is 5.85. The van der Waals surface area contributed by atoms with Crippen molar-refractivity contribution in [2.75, 3.05) is 0 Å². The molecule has 0 amide bonds. The molecule has 6 heteroatoms. The minimum Gasteiger partial charge on any atom is -0.294 e. The van der Waals surface area contributed by atoms with E-state index in [9.17, 15) is 8.42 Å². The number of hydrogen-bond acceptors (Lipinski definition) is 4. The molecule has 0 saturated heterocycles. The average Bonchev–Trinajstić information content (AvgIpc) is 3.24. The van der Waals surface area contributed by atoms with E-state index in [0.29, 0.717) is 0 Å². The summed E-state index contributed by atoms with van der Waals surface area (Å²) in [6.07, 6.45) is 1.49. The Labute approximate surface area is 209 Å². The van der Waals surface area contributed by atoms with Crippen molar-refractivity contribution >= 4 is 31.6 Å². The van der Waals surface area contributed by atoms with E-state index in [2.05, 4.69) is 46.8 Å². The van der Waals surface area contributed by atoms with Gasteiger partial charge in [0.1, 0.15) is 5.82 Å². The third-order valence-corrected chi connectivity index (χ3v) is 8.30. The summed E-state index contributed by atoms with van der Waals surface area (Å²) in [4.78, 5) is 9.15. The van der Waals surface area contributed by atoms with Crippen molar-refractivity contribution in [3.8, 4) is 16.9 Å². The molecule has 3 heterocycles. The molecule has 0 radical (unpaired) electrons. The largest absolute Gasteiger partial charge is 0.294 e. The quantitative estimate of drug-likeness (QED) is 0.277. The van der Waals surface area contributed by atoms with Crippen molar-refractivity contribution in [2.24, 2.45) is 0 Å². The van der Waals surface area contributed by atoms with Crippen LogP contribution in [0.5, 0.6) is 0 Å². The van der Waals surface area contributed by atoms with Gasteiger partial charge in [-0.2, -0.15) is 0 Å². The molecule has 0 spiro atoms. The van der Waals surface area contributed by atoms with E-state index in [1.807, 2.05) is 37.3 Å². The first-order valence-corrected chi connectivity index (χ1v) is 13.2. The summed E-state index contributed by atoms with van der Waals surface area (Å²) in [7, 11) is -3.72. The molecule has 0 atom stereocenters. The first-order valence-electron chi connectivity index (χ1n) is 11.7. The second kappa shape index (κ2) is 8.43. The lowest BCUT2D eigenvalue weighted by Gasteiger charge is -2.10. The number of hydrogen-bond donors (Lipinski definition) is 0. The van der Waals surface area contributed by atoms with Gasteiger partial charge in [0.2, 0.25) is 9.84 Å². The molecule has 0 aliphatic carbocycles. The fourth-order valence-electron chi connectivity index (χ4n) is 4.61. The van der Waals surface area contributed by atoms with Crippen molar-refractivity contribution in [3.05, 3.63) is 115 Å². The predicted octanol–water partition coefficient (Wildman–Crippen LogP) is 6.69. The van der Waals surface area contributed by atoms with Gasteiger partial charge in [0.15, 0.2) is 5.03 Å². The summed E-state index contributed by atoms with van der Waals surface area (Å²) < 4.78 is 28.5. The lowest BCUT2D eigenvalue weighted by molar-refractivity contribution is 0.592. The van der Waals surface area contributed by atoms with E-state index in [1.54, 1.807) is 30.3 Å². The fraction of sp³-hybridized carbons (Fsp3) is 0.0667. The van der Waals surface area contributed by atoms with Crippen LogP contribution in [0.3, 0.4) is 0 Å². The van der Waals surface area contributed by atoms with Crippen LogP contribution < -0.4 is 0 Å². The third-order valence-electron chi connectivity index (χ3n) is 6.63. The van der Waals surface area contributed by atoms with E-state index in [0.717, 1.165) is 50.0 Å². The van der Waals surface area contributed by atoms with Crippen LogP contribution >= 0.6 is 0 Å². The zero-order valence-electron chi connectivity index (χ0n) is 19.9. The molecule has 5 nitrogen and oxygen atoms in total. The maximum atomic E-state index is 13.2. The predicted molar refractivity (Wildman–Crippen MR) is 143 cm³/mol. The number of aromatic nitrogens is 3. The highest BCUT2D eigenvalue weighted by Gasteiger charge is 2.20. The molecular formula is C30H23N3O2S. The Kier molecular flexibility index (Phi) is 5.20. The van der Waals surface area contributed by atoms with Gasteiger partial charge in [-0.25, -0.2) is 18.4 Å². The Balaban J connectivity index is 1.55. The third kappa shape index (κ3) is 3.58. The van der Waals surface area contributed by atoms with Crippen molar-refractivity contribution in [2.45, 2.75) is 23.8 Å². The zero-order valence-corrected chi connectivity index (χ0v) is 20.7. The number of sulfone groups is 1. The molecule has 0 saturated carbocycles. The normalized spacial score (nSPS) is 11.8. The highest BCUT2D eigenvalue weighted by Crippen LogP contribution is 2.35. The second-order valence-corrected chi connectivity index (χ2v) is 10.8. The Morgan fingerprint density at radius 3 is 2.28 bits per heavy atom. The highest BCUT2D eigenvalue weighted by atomic mass is 32.2. The van der Waals surface area contributed by atoms with E-state index in [1.165, 1.54) is 12.3 Å². The Morgan fingerprint density at radius 2 is 1.47 bits per heavy atom. The van der Waals surface area contributed by atoms with Crippen molar-refractivity contribution in [1.82, 2.24) is 14.5 Å². The van der Waals surface area contributed by atoms with Crippen molar-refractivity contribution in [3.63, 3.8) is 0 Å². The molecule has 6 rings (SSSR count).